The zero-order valence-corrected chi connectivity index (χ0v) is 28.3. The third kappa shape index (κ3) is 24.1. The Hall–Kier alpha value is 0.290. The van der Waals surface area contributed by atoms with Crippen molar-refractivity contribution in [3.8, 4) is 0 Å². The molecular formula is C37H75Cl. The second kappa shape index (κ2) is 27.5. The van der Waals surface area contributed by atoms with Gasteiger partial charge in [0.05, 0.1) is 0 Å². The minimum absolute atomic E-state index is 0.0549. The smallest absolute Gasteiger partial charge is 0.0469 e. The number of alkyl halides is 1. The summed E-state index contributed by atoms with van der Waals surface area (Å²) in [7, 11) is 0. The van der Waals surface area contributed by atoms with Crippen LogP contribution in [0.5, 0.6) is 0 Å². The van der Waals surface area contributed by atoms with Crippen LogP contribution >= 0.6 is 11.6 Å². The average molecular weight is 555 g/mol. The fraction of sp³-hybridized carbons (Fsp3) is 1.00. The molecule has 1 heteroatoms. The SMILES string of the molecule is CCCCCCCCCCCCCCCCC(C)(C)C(C)(Cl)CCCCCCCCCCCCCCCC. The van der Waals surface area contributed by atoms with Crippen LogP contribution in [0.4, 0.5) is 0 Å². The van der Waals surface area contributed by atoms with Gasteiger partial charge in [0, 0.05) is 4.87 Å². The number of hydrogen-bond acceptors (Lipinski definition) is 0. The molecule has 0 spiro atoms. The molecule has 0 saturated heterocycles. The number of halogens is 1. The topological polar surface area (TPSA) is 0 Å². The standard InChI is InChI=1S/C37H75Cl/c1-6-8-10-12-14-16-18-20-22-24-26-28-30-32-34-36(3,4)37(5,38)35-33-31-29-27-25-23-21-19-17-15-13-11-9-7-2/h6-35H2,1-5H3. The maximum Gasteiger partial charge on any atom is 0.0469 e. The molecule has 0 bridgehead atoms. The molecule has 0 radical (unpaired) electrons. The summed E-state index contributed by atoms with van der Waals surface area (Å²) in [5.74, 6) is 0. The average Bonchev–Trinajstić information content (AvgIpc) is 2.89. The maximum atomic E-state index is 7.14. The van der Waals surface area contributed by atoms with E-state index in [-0.39, 0.29) is 10.3 Å². The van der Waals surface area contributed by atoms with Gasteiger partial charge in [-0.3, -0.25) is 0 Å². The van der Waals surface area contributed by atoms with Crippen molar-refractivity contribution >= 4 is 11.6 Å². The van der Waals surface area contributed by atoms with E-state index in [9.17, 15) is 0 Å². The highest BCUT2D eigenvalue weighted by Crippen LogP contribution is 2.44. The van der Waals surface area contributed by atoms with Crippen molar-refractivity contribution in [2.45, 2.75) is 232 Å². The highest BCUT2D eigenvalue weighted by atomic mass is 35.5. The second-order valence-electron chi connectivity index (χ2n) is 13.8. The molecule has 0 aromatic heterocycles. The van der Waals surface area contributed by atoms with Crippen molar-refractivity contribution in [3.05, 3.63) is 0 Å². The predicted molar refractivity (Wildman–Crippen MR) is 178 cm³/mol. The molecule has 0 amide bonds. The molecule has 0 nitrogen and oxygen atoms in total. The van der Waals surface area contributed by atoms with Crippen LogP contribution in [0.1, 0.15) is 227 Å². The van der Waals surface area contributed by atoms with Crippen molar-refractivity contribution in [1.82, 2.24) is 0 Å². The van der Waals surface area contributed by atoms with Gasteiger partial charge in [0.2, 0.25) is 0 Å². The van der Waals surface area contributed by atoms with Gasteiger partial charge in [-0.2, -0.15) is 0 Å². The number of rotatable bonds is 31. The van der Waals surface area contributed by atoms with Gasteiger partial charge in [0.1, 0.15) is 0 Å². The van der Waals surface area contributed by atoms with E-state index in [0.717, 1.165) is 0 Å². The first-order valence-corrected chi connectivity index (χ1v) is 18.4. The quantitative estimate of drug-likeness (QED) is 0.0590. The van der Waals surface area contributed by atoms with E-state index < -0.39 is 0 Å². The molecule has 0 saturated carbocycles. The lowest BCUT2D eigenvalue weighted by Crippen LogP contribution is -2.36. The summed E-state index contributed by atoms with van der Waals surface area (Å²) < 4.78 is 0. The first-order valence-electron chi connectivity index (χ1n) is 18.1. The third-order valence-electron chi connectivity index (χ3n) is 9.57. The second-order valence-corrected chi connectivity index (χ2v) is 14.6. The Morgan fingerprint density at radius 1 is 0.316 bits per heavy atom. The van der Waals surface area contributed by atoms with E-state index in [1.165, 1.54) is 193 Å². The highest BCUT2D eigenvalue weighted by Gasteiger charge is 2.38. The maximum absolute atomic E-state index is 7.14. The van der Waals surface area contributed by atoms with E-state index >= 15 is 0 Å². The fourth-order valence-electron chi connectivity index (χ4n) is 6.01. The molecule has 0 heterocycles. The van der Waals surface area contributed by atoms with Crippen molar-refractivity contribution in [3.63, 3.8) is 0 Å². The Labute approximate surface area is 248 Å². The van der Waals surface area contributed by atoms with E-state index in [4.69, 9.17) is 11.6 Å². The molecule has 38 heavy (non-hydrogen) atoms. The molecule has 230 valence electrons. The van der Waals surface area contributed by atoms with Gasteiger partial charge in [-0.15, -0.1) is 11.6 Å². The Kier molecular flexibility index (Phi) is 27.7. The van der Waals surface area contributed by atoms with Gasteiger partial charge < -0.3 is 0 Å². The molecule has 1 unspecified atom stereocenters. The molecule has 0 aliphatic heterocycles. The van der Waals surface area contributed by atoms with Crippen LogP contribution in [0.25, 0.3) is 0 Å². The summed E-state index contributed by atoms with van der Waals surface area (Å²) in [5, 5.41) is 0. The molecule has 0 aliphatic rings. The minimum Gasteiger partial charge on any atom is -0.119 e. The van der Waals surface area contributed by atoms with Gasteiger partial charge in [0.15, 0.2) is 0 Å². The largest absolute Gasteiger partial charge is 0.119 e. The summed E-state index contributed by atoms with van der Waals surface area (Å²) in [6, 6.07) is 0. The van der Waals surface area contributed by atoms with Crippen molar-refractivity contribution < 1.29 is 0 Å². The summed E-state index contributed by atoms with van der Waals surface area (Å²) >= 11 is 7.14. The van der Waals surface area contributed by atoms with Crippen molar-refractivity contribution in [2.24, 2.45) is 5.41 Å². The van der Waals surface area contributed by atoms with E-state index in [1.54, 1.807) is 0 Å². The van der Waals surface area contributed by atoms with Gasteiger partial charge in [-0.1, -0.05) is 207 Å². The van der Waals surface area contributed by atoms with E-state index in [0.29, 0.717) is 0 Å². The lowest BCUT2D eigenvalue weighted by molar-refractivity contribution is 0.214. The highest BCUT2D eigenvalue weighted by molar-refractivity contribution is 6.24. The Bertz CT molecular complexity index is 410. The van der Waals surface area contributed by atoms with Crippen LogP contribution in [0.3, 0.4) is 0 Å². The molecule has 0 aromatic carbocycles. The van der Waals surface area contributed by atoms with E-state index in [1.807, 2.05) is 0 Å². The van der Waals surface area contributed by atoms with Crippen LogP contribution in [-0.2, 0) is 0 Å². The summed E-state index contributed by atoms with van der Waals surface area (Å²) in [4.78, 5) is -0.0549. The van der Waals surface area contributed by atoms with Gasteiger partial charge in [-0.05, 0) is 25.2 Å². The molecule has 0 aromatic rings. The van der Waals surface area contributed by atoms with Crippen LogP contribution in [0.2, 0.25) is 0 Å². The Morgan fingerprint density at radius 2 is 0.526 bits per heavy atom. The predicted octanol–water partition coefficient (Wildman–Crippen LogP) is 14.8. The Morgan fingerprint density at radius 3 is 0.789 bits per heavy atom. The number of hydrogen-bond donors (Lipinski definition) is 0. The zero-order chi connectivity index (χ0) is 28.2. The van der Waals surface area contributed by atoms with Gasteiger partial charge >= 0.3 is 0 Å². The van der Waals surface area contributed by atoms with Crippen molar-refractivity contribution in [1.29, 1.82) is 0 Å². The number of unbranched alkanes of at least 4 members (excludes halogenated alkanes) is 26. The summed E-state index contributed by atoms with van der Waals surface area (Å²) in [5.41, 5.74) is 0.238. The molecule has 0 rings (SSSR count). The van der Waals surface area contributed by atoms with E-state index in [2.05, 4.69) is 34.6 Å². The van der Waals surface area contributed by atoms with Gasteiger partial charge in [-0.25, -0.2) is 0 Å². The lowest BCUT2D eigenvalue weighted by atomic mass is 9.73. The lowest BCUT2D eigenvalue weighted by Gasteiger charge is -2.40. The normalized spacial score (nSPS) is 13.7. The molecular weight excluding hydrogens is 480 g/mol. The monoisotopic (exact) mass is 555 g/mol. The Balaban J connectivity index is 3.57. The minimum atomic E-state index is -0.0549. The third-order valence-corrected chi connectivity index (χ3v) is 10.3. The zero-order valence-electron chi connectivity index (χ0n) is 27.6. The van der Waals surface area contributed by atoms with Crippen molar-refractivity contribution in [2.75, 3.05) is 0 Å². The first kappa shape index (κ1) is 38.3. The van der Waals surface area contributed by atoms with Crippen LogP contribution in [0, 0.1) is 5.41 Å². The first-order chi connectivity index (χ1) is 18.4. The molecule has 0 fully saturated rings. The molecule has 0 N–H and O–H groups in total. The summed E-state index contributed by atoms with van der Waals surface area (Å²) in [6.45, 7) is 11.8. The van der Waals surface area contributed by atoms with Crippen LogP contribution in [-0.4, -0.2) is 4.87 Å². The summed E-state index contributed by atoms with van der Waals surface area (Å²) in [6.07, 6.45) is 42.5. The fourth-order valence-corrected chi connectivity index (χ4v) is 6.24. The van der Waals surface area contributed by atoms with Gasteiger partial charge in [0.25, 0.3) is 0 Å². The molecule has 1 atom stereocenters. The van der Waals surface area contributed by atoms with Crippen LogP contribution in [0.15, 0.2) is 0 Å². The molecule has 0 aliphatic carbocycles. The van der Waals surface area contributed by atoms with Crippen LogP contribution < -0.4 is 0 Å².